The molecule has 0 saturated carbocycles. The molecule has 0 saturated heterocycles. The fourth-order valence-electron chi connectivity index (χ4n) is 2.94. The summed E-state index contributed by atoms with van der Waals surface area (Å²) in [6.07, 6.45) is -8.40. The predicted octanol–water partition coefficient (Wildman–Crippen LogP) is 4.24. The van der Waals surface area contributed by atoms with Crippen molar-refractivity contribution in [2.45, 2.75) is 51.2 Å². The van der Waals surface area contributed by atoms with Gasteiger partial charge in [0.25, 0.3) is 5.91 Å². The van der Waals surface area contributed by atoms with Gasteiger partial charge in [0.05, 0.1) is 16.0 Å². The van der Waals surface area contributed by atoms with Gasteiger partial charge in [-0.1, -0.05) is 6.92 Å². The average molecular weight is 470 g/mol. The fraction of sp³-hybridized carbons (Fsp3) is 0.500. The van der Waals surface area contributed by atoms with Crippen LogP contribution >= 0.6 is 11.3 Å². The zero-order valence-electron chi connectivity index (χ0n) is 16.7. The Bertz CT molecular complexity index is 936. The Hall–Kier alpha value is -2.41. The van der Waals surface area contributed by atoms with Crippen molar-refractivity contribution in [3.05, 3.63) is 29.0 Å². The van der Waals surface area contributed by atoms with Gasteiger partial charge >= 0.3 is 12.4 Å². The zero-order valence-corrected chi connectivity index (χ0v) is 17.5. The lowest BCUT2D eigenvalue weighted by Crippen LogP contribution is -2.51. The number of alkyl halides is 6. The van der Waals surface area contributed by atoms with Gasteiger partial charge in [-0.2, -0.15) is 26.3 Å². The molecule has 0 bridgehead atoms. The molecule has 2 aromatic rings. The molecule has 0 aliphatic heterocycles. The van der Waals surface area contributed by atoms with E-state index in [-0.39, 0.29) is 9.88 Å². The Morgan fingerprint density at radius 1 is 1.19 bits per heavy atom. The molecule has 1 atom stereocenters. The maximum absolute atomic E-state index is 13.8. The Balaban J connectivity index is 2.66. The third kappa shape index (κ3) is 6.06. The molecule has 172 valence electrons. The number of anilines is 1. The van der Waals surface area contributed by atoms with Crippen LogP contribution in [0.15, 0.2) is 18.5 Å². The normalized spacial score (nSPS) is 13.9. The summed E-state index contributed by atoms with van der Waals surface area (Å²) in [5, 5.41) is 9.84. The van der Waals surface area contributed by atoms with Crippen molar-refractivity contribution in [2.24, 2.45) is 5.73 Å². The number of nitrogens with two attached hydrogens (primary N) is 1. The van der Waals surface area contributed by atoms with Crippen LogP contribution in [0.25, 0.3) is 10.4 Å². The number of primary amides is 1. The van der Waals surface area contributed by atoms with Crippen molar-refractivity contribution >= 4 is 23.1 Å². The third-order valence-corrected chi connectivity index (χ3v) is 5.21. The monoisotopic (exact) mass is 470 g/mol. The molecule has 2 aromatic heterocycles. The number of aliphatic hydroxyl groups is 1. The molecule has 3 N–H and O–H groups in total. The summed E-state index contributed by atoms with van der Waals surface area (Å²) < 4.78 is 82.0. The van der Waals surface area contributed by atoms with Crippen molar-refractivity contribution in [1.29, 1.82) is 0 Å². The molecule has 2 heterocycles. The highest BCUT2D eigenvalue weighted by Gasteiger charge is 2.45. The van der Waals surface area contributed by atoms with E-state index < -0.39 is 59.8 Å². The average Bonchev–Trinajstić information content (AvgIpc) is 3.08. The van der Waals surface area contributed by atoms with Gasteiger partial charge in [-0.15, -0.1) is 11.3 Å². The van der Waals surface area contributed by atoms with E-state index in [0.29, 0.717) is 22.3 Å². The van der Waals surface area contributed by atoms with E-state index in [1.165, 1.54) is 20.8 Å². The Kier molecular flexibility index (Phi) is 6.91. The number of aromatic nitrogens is 2. The maximum Gasteiger partial charge on any atom is 0.417 e. The van der Waals surface area contributed by atoms with Crippen LogP contribution in [0.5, 0.6) is 0 Å². The fourth-order valence-corrected chi connectivity index (χ4v) is 3.73. The minimum Gasteiger partial charge on any atom is -0.389 e. The molecular formula is C18H20F6N4O2S. The molecule has 0 radical (unpaired) electrons. The first kappa shape index (κ1) is 24.9. The van der Waals surface area contributed by atoms with Gasteiger partial charge in [0.15, 0.2) is 5.01 Å². The van der Waals surface area contributed by atoms with Crippen LogP contribution in [0, 0.1) is 0 Å². The van der Waals surface area contributed by atoms with Crippen molar-refractivity contribution < 1.29 is 36.2 Å². The summed E-state index contributed by atoms with van der Waals surface area (Å²) >= 11 is 0.604. The lowest BCUT2D eigenvalue weighted by Gasteiger charge is -2.37. The van der Waals surface area contributed by atoms with E-state index in [1.807, 2.05) is 0 Å². The number of rotatable bonds is 7. The van der Waals surface area contributed by atoms with E-state index >= 15 is 0 Å². The van der Waals surface area contributed by atoms with Crippen LogP contribution in [-0.4, -0.2) is 45.3 Å². The number of nitrogens with zero attached hydrogens (tertiary/aromatic N) is 3. The van der Waals surface area contributed by atoms with Crippen LogP contribution in [-0.2, 0) is 6.18 Å². The molecule has 0 unspecified atom stereocenters. The van der Waals surface area contributed by atoms with Crippen molar-refractivity contribution in [3.8, 4) is 10.4 Å². The number of hydrogen-bond acceptors (Lipinski definition) is 6. The van der Waals surface area contributed by atoms with Crippen molar-refractivity contribution in [2.75, 3.05) is 11.4 Å². The highest BCUT2D eigenvalue weighted by molar-refractivity contribution is 7.17. The van der Waals surface area contributed by atoms with Gasteiger partial charge in [0, 0.05) is 24.5 Å². The Labute approximate surface area is 177 Å². The first-order valence-electron chi connectivity index (χ1n) is 8.93. The first-order chi connectivity index (χ1) is 14.0. The molecule has 13 heteroatoms. The topological polar surface area (TPSA) is 92.3 Å². The number of pyridine rings is 1. The number of carbonyl (C=O) groups excluding carboxylic acids is 1. The second kappa shape index (κ2) is 8.61. The molecule has 0 aliphatic rings. The second-order valence-electron chi connectivity index (χ2n) is 7.39. The Morgan fingerprint density at radius 3 is 2.23 bits per heavy atom. The minimum absolute atomic E-state index is 0.0722. The van der Waals surface area contributed by atoms with E-state index in [2.05, 4.69) is 9.97 Å². The SMILES string of the molecule is CC[C@H](N(CC(C)(C)O)c1cc(C(F)(F)F)c(-c2cnc(C(N)=O)s2)cn1)C(F)(F)F. The highest BCUT2D eigenvalue weighted by Crippen LogP contribution is 2.41. The van der Waals surface area contributed by atoms with Crippen LogP contribution in [0.3, 0.4) is 0 Å². The lowest BCUT2D eigenvalue weighted by molar-refractivity contribution is -0.150. The molecule has 0 fully saturated rings. The summed E-state index contributed by atoms with van der Waals surface area (Å²) in [4.78, 5) is 19.2. The van der Waals surface area contributed by atoms with Gasteiger partial charge in [0.2, 0.25) is 0 Å². The second-order valence-corrected chi connectivity index (χ2v) is 8.42. The molecule has 2 rings (SSSR count). The summed E-state index contributed by atoms with van der Waals surface area (Å²) in [5.74, 6) is -1.52. The van der Waals surface area contributed by atoms with Crippen LogP contribution in [0.1, 0.15) is 42.6 Å². The molecule has 6 nitrogen and oxygen atoms in total. The summed E-state index contributed by atoms with van der Waals surface area (Å²) in [6.45, 7) is 3.11. The third-order valence-electron chi connectivity index (χ3n) is 4.17. The number of carbonyl (C=O) groups is 1. The number of halogens is 6. The maximum atomic E-state index is 13.8. The number of hydrogen-bond donors (Lipinski definition) is 2. The first-order valence-corrected chi connectivity index (χ1v) is 9.75. The van der Waals surface area contributed by atoms with E-state index in [0.717, 1.165) is 12.4 Å². The minimum atomic E-state index is -4.94. The highest BCUT2D eigenvalue weighted by atomic mass is 32.1. The van der Waals surface area contributed by atoms with Gasteiger partial charge in [0.1, 0.15) is 11.9 Å². The summed E-state index contributed by atoms with van der Waals surface area (Å²) in [6, 6.07) is -1.66. The van der Waals surface area contributed by atoms with Crippen LogP contribution in [0.4, 0.5) is 32.2 Å². The van der Waals surface area contributed by atoms with E-state index in [9.17, 15) is 36.2 Å². The molecule has 0 aromatic carbocycles. The van der Waals surface area contributed by atoms with E-state index in [4.69, 9.17) is 5.73 Å². The summed E-state index contributed by atoms with van der Waals surface area (Å²) in [5.41, 5.74) is 1.72. The van der Waals surface area contributed by atoms with Gasteiger partial charge in [-0.05, 0) is 26.3 Å². The van der Waals surface area contributed by atoms with Crippen molar-refractivity contribution in [3.63, 3.8) is 0 Å². The quantitative estimate of drug-likeness (QED) is 0.591. The van der Waals surface area contributed by atoms with Crippen LogP contribution < -0.4 is 10.6 Å². The van der Waals surface area contributed by atoms with Gasteiger partial charge in [-0.3, -0.25) is 4.79 Å². The van der Waals surface area contributed by atoms with Crippen molar-refractivity contribution in [1.82, 2.24) is 9.97 Å². The predicted molar refractivity (Wildman–Crippen MR) is 103 cm³/mol. The number of thiazole rings is 1. The van der Waals surface area contributed by atoms with Gasteiger partial charge < -0.3 is 15.7 Å². The molecule has 1 amide bonds. The summed E-state index contributed by atoms with van der Waals surface area (Å²) in [7, 11) is 0. The molecule has 0 spiro atoms. The largest absolute Gasteiger partial charge is 0.417 e. The standard InChI is InChI=1S/C18H20F6N4O2S/c1-4-12(18(22,23)24)28(8-16(2,3)30)13-5-10(17(19,20)21)9(6-26-13)11-7-27-15(31-11)14(25)29/h5-7,12,30H,4,8H2,1-3H3,(H2,25,29)/t12-/m0/s1. The van der Waals surface area contributed by atoms with E-state index in [1.54, 1.807) is 0 Å². The Morgan fingerprint density at radius 2 is 1.81 bits per heavy atom. The van der Waals surface area contributed by atoms with Crippen LogP contribution in [0.2, 0.25) is 0 Å². The zero-order chi connectivity index (χ0) is 23.8. The smallest absolute Gasteiger partial charge is 0.389 e. The molecule has 31 heavy (non-hydrogen) atoms. The lowest BCUT2D eigenvalue weighted by atomic mass is 10.0. The molecular weight excluding hydrogens is 450 g/mol. The number of amides is 1. The molecule has 0 aliphatic carbocycles. The van der Waals surface area contributed by atoms with Gasteiger partial charge in [-0.25, -0.2) is 9.97 Å².